The summed E-state index contributed by atoms with van der Waals surface area (Å²) in [5.41, 5.74) is 2.06. The normalized spacial score (nSPS) is 20.7. The molecule has 2 aliphatic rings. The van der Waals surface area contributed by atoms with Crippen molar-refractivity contribution in [2.24, 2.45) is 5.92 Å². The Labute approximate surface area is 164 Å². The Hall–Kier alpha value is -2.44. The van der Waals surface area contributed by atoms with Crippen LogP contribution >= 0.6 is 0 Å². The molecule has 6 heteroatoms. The van der Waals surface area contributed by atoms with Gasteiger partial charge in [0.05, 0.1) is 25.2 Å². The number of hydrogen-bond acceptors (Lipinski definition) is 4. The van der Waals surface area contributed by atoms with Crippen LogP contribution < -0.4 is 10.1 Å². The zero-order chi connectivity index (χ0) is 19.3. The topological polar surface area (TPSA) is 50.8 Å². The van der Waals surface area contributed by atoms with Crippen LogP contribution in [0.4, 0.5) is 4.39 Å². The number of amides is 1. The molecule has 28 heavy (non-hydrogen) atoms. The van der Waals surface area contributed by atoms with Gasteiger partial charge in [-0.2, -0.15) is 0 Å². The van der Waals surface area contributed by atoms with Gasteiger partial charge in [0.25, 0.3) is 0 Å². The fraction of sp³-hybridized carbons (Fsp3) is 0.409. The van der Waals surface area contributed by atoms with E-state index in [9.17, 15) is 9.18 Å². The maximum Gasteiger partial charge on any atom is 0.226 e. The highest BCUT2D eigenvalue weighted by Gasteiger charge is 2.28. The van der Waals surface area contributed by atoms with Crippen LogP contribution in [0.15, 0.2) is 48.5 Å². The third-order valence-corrected chi connectivity index (χ3v) is 5.46. The molecule has 0 aliphatic carbocycles. The molecule has 2 heterocycles. The predicted octanol–water partition coefficient (Wildman–Crippen LogP) is 2.57. The highest BCUT2D eigenvalue weighted by molar-refractivity contribution is 5.79. The number of rotatable bonds is 5. The molecule has 2 atom stereocenters. The Balaban J connectivity index is 1.42. The van der Waals surface area contributed by atoms with Gasteiger partial charge in [-0.25, -0.2) is 4.39 Å². The van der Waals surface area contributed by atoms with Crippen LogP contribution in [0.1, 0.15) is 17.2 Å². The first-order valence-corrected chi connectivity index (χ1v) is 9.76. The van der Waals surface area contributed by atoms with Crippen molar-refractivity contribution in [2.45, 2.75) is 12.5 Å². The molecule has 5 nitrogen and oxygen atoms in total. The van der Waals surface area contributed by atoms with E-state index in [1.807, 2.05) is 24.3 Å². The molecule has 4 rings (SSSR count). The van der Waals surface area contributed by atoms with Gasteiger partial charge in [-0.05, 0) is 35.7 Å². The number of halogens is 1. The van der Waals surface area contributed by atoms with Crippen molar-refractivity contribution in [3.63, 3.8) is 0 Å². The van der Waals surface area contributed by atoms with Crippen LogP contribution in [0, 0.1) is 11.7 Å². The summed E-state index contributed by atoms with van der Waals surface area (Å²) in [6.45, 7) is 3.78. The van der Waals surface area contributed by atoms with Crippen molar-refractivity contribution in [3.8, 4) is 5.75 Å². The van der Waals surface area contributed by atoms with Crippen LogP contribution in [0.5, 0.6) is 5.75 Å². The number of carbonyl (C=O) groups is 1. The molecule has 0 saturated carbocycles. The maximum atomic E-state index is 13.4. The molecule has 2 aliphatic heterocycles. The highest BCUT2D eigenvalue weighted by Crippen LogP contribution is 2.27. The van der Waals surface area contributed by atoms with Crippen molar-refractivity contribution in [3.05, 3.63) is 65.5 Å². The third kappa shape index (κ3) is 4.34. The Morgan fingerprint density at radius 1 is 1.14 bits per heavy atom. The molecule has 1 fully saturated rings. The Bertz CT molecular complexity index is 806. The lowest BCUT2D eigenvalue weighted by Gasteiger charge is -2.35. The lowest BCUT2D eigenvalue weighted by Crippen LogP contribution is -2.45. The molecule has 0 bridgehead atoms. The monoisotopic (exact) mass is 384 g/mol. The smallest absolute Gasteiger partial charge is 0.226 e. The fourth-order valence-corrected chi connectivity index (χ4v) is 3.87. The molecule has 0 aromatic heterocycles. The minimum absolute atomic E-state index is 0.00475. The number of nitrogens with one attached hydrogen (secondary N) is 1. The summed E-state index contributed by atoms with van der Waals surface area (Å²) in [5.74, 6) is 0.402. The van der Waals surface area contributed by atoms with Crippen molar-refractivity contribution in [2.75, 3.05) is 39.5 Å². The number of nitrogens with zero attached hydrogens (tertiary/aromatic N) is 1. The van der Waals surface area contributed by atoms with Gasteiger partial charge in [-0.3, -0.25) is 9.69 Å². The molecule has 1 saturated heterocycles. The summed E-state index contributed by atoms with van der Waals surface area (Å²) in [5, 5.41) is 3.10. The summed E-state index contributed by atoms with van der Waals surface area (Å²) >= 11 is 0. The fourth-order valence-electron chi connectivity index (χ4n) is 3.87. The number of ether oxygens (including phenoxy) is 2. The average Bonchev–Trinajstić information content (AvgIpc) is 2.75. The summed E-state index contributed by atoms with van der Waals surface area (Å²) in [6, 6.07) is 14.4. The minimum atomic E-state index is -0.258. The van der Waals surface area contributed by atoms with Crippen molar-refractivity contribution in [1.29, 1.82) is 0 Å². The van der Waals surface area contributed by atoms with Gasteiger partial charge < -0.3 is 14.8 Å². The van der Waals surface area contributed by atoms with Crippen molar-refractivity contribution >= 4 is 5.91 Å². The maximum absolute atomic E-state index is 13.4. The molecule has 2 aromatic carbocycles. The second-order valence-electron chi connectivity index (χ2n) is 7.28. The van der Waals surface area contributed by atoms with E-state index in [2.05, 4.69) is 10.2 Å². The number of hydrogen-bond donors (Lipinski definition) is 1. The van der Waals surface area contributed by atoms with Crippen molar-refractivity contribution < 1.29 is 18.7 Å². The molecular weight excluding hydrogens is 359 g/mol. The first-order valence-electron chi connectivity index (χ1n) is 9.76. The average molecular weight is 384 g/mol. The third-order valence-electron chi connectivity index (χ3n) is 5.46. The molecule has 0 spiro atoms. The number of morpholine rings is 1. The summed E-state index contributed by atoms with van der Waals surface area (Å²) < 4.78 is 24.6. The lowest BCUT2D eigenvalue weighted by atomic mass is 9.95. The van der Waals surface area contributed by atoms with Crippen LogP contribution in [-0.2, 0) is 16.0 Å². The Kier molecular flexibility index (Phi) is 5.88. The first-order chi connectivity index (χ1) is 13.7. The second-order valence-corrected chi connectivity index (χ2v) is 7.28. The lowest BCUT2D eigenvalue weighted by molar-refractivity contribution is -0.126. The van der Waals surface area contributed by atoms with E-state index in [1.54, 1.807) is 12.1 Å². The van der Waals surface area contributed by atoms with Crippen LogP contribution in [-0.4, -0.2) is 50.3 Å². The number of para-hydroxylation sites is 1. The van der Waals surface area contributed by atoms with Gasteiger partial charge in [0, 0.05) is 19.6 Å². The zero-order valence-corrected chi connectivity index (χ0v) is 15.8. The Morgan fingerprint density at radius 2 is 1.89 bits per heavy atom. The van der Waals surface area contributed by atoms with Gasteiger partial charge in [0.15, 0.2) is 0 Å². The van der Waals surface area contributed by atoms with E-state index in [1.165, 1.54) is 12.1 Å². The van der Waals surface area contributed by atoms with E-state index < -0.39 is 0 Å². The van der Waals surface area contributed by atoms with Gasteiger partial charge >= 0.3 is 0 Å². The van der Waals surface area contributed by atoms with E-state index in [0.717, 1.165) is 30.0 Å². The Morgan fingerprint density at radius 3 is 2.68 bits per heavy atom. The largest absolute Gasteiger partial charge is 0.492 e. The van der Waals surface area contributed by atoms with Crippen LogP contribution in [0.2, 0.25) is 0 Å². The second kappa shape index (κ2) is 8.71. The summed E-state index contributed by atoms with van der Waals surface area (Å²) in [7, 11) is 0. The molecule has 2 aromatic rings. The quantitative estimate of drug-likeness (QED) is 0.861. The van der Waals surface area contributed by atoms with Crippen LogP contribution in [0.3, 0.4) is 0 Å². The van der Waals surface area contributed by atoms with E-state index in [0.29, 0.717) is 32.8 Å². The summed E-state index contributed by atoms with van der Waals surface area (Å²) in [4.78, 5) is 15.1. The molecule has 1 amide bonds. The van der Waals surface area contributed by atoms with Crippen LogP contribution in [0.25, 0.3) is 0 Å². The SMILES string of the molecule is O=C(NC[C@H](c1ccc(F)cc1)N1CCOCC1)[C@@H]1COc2ccccc2C1. The molecular formula is C22H25FN2O3. The molecule has 0 unspecified atom stereocenters. The van der Waals surface area contributed by atoms with E-state index in [4.69, 9.17) is 9.47 Å². The zero-order valence-electron chi connectivity index (χ0n) is 15.8. The molecule has 0 radical (unpaired) electrons. The standard InChI is InChI=1S/C22H25FN2O3/c23-19-7-5-16(6-8-19)20(25-9-11-27-12-10-25)14-24-22(26)18-13-17-3-1-2-4-21(17)28-15-18/h1-8,18,20H,9-15H2,(H,24,26)/t18-,20+/m0/s1. The highest BCUT2D eigenvalue weighted by atomic mass is 19.1. The minimum Gasteiger partial charge on any atom is -0.492 e. The van der Waals surface area contributed by atoms with Gasteiger partial charge in [0.2, 0.25) is 5.91 Å². The van der Waals surface area contributed by atoms with Gasteiger partial charge in [-0.15, -0.1) is 0 Å². The van der Waals surface area contributed by atoms with Gasteiger partial charge in [0.1, 0.15) is 18.2 Å². The first kappa shape index (κ1) is 18.9. The van der Waals surface area contributed by atoms with Crippen molar-refractivity contribution in [1.82, 2.24) is 10.2 Å². The number of carbonyl (C=O) groups excluding carboxylic acids is 1. The van der Waals surface area contributed by atoms with E-state index in [-0.39, 0.29) is 23.7 Å². The molecule has 148 valence electrons. The molecule has 1 N–H and O–H groups in total. The number of benzene rings is 2. The van der Waals surface area contributed by atoms with E-state index >= 15 is 0 Å². The predicted molar refractivity (Wildman–Crippen MR) is 104 cm³/mol. The number of fused-ring (bicyclic) bond motifs is 1. The van der Waals surface area contributed by atoms with Gasteiger partial charge in [-0.1, -0.05) is 30.3 Å². The summed E-state index contributed by atoms with van der Waals surface area (Å²) in [6.07, 6.45) is 0.681.